The van der Waals surface area contributed by atoms with Crippen LogP contribution in [-0.2, 0) is 5.75 Å². The molecule has 4 heterocycles. The van der Waals surface area contributed by atoms with Crippen molar-refractivity contribution in [2.75, 3.05) is 5.32 Å². The predicted octanol–water partition coefficient (Wildman–Crippen LogP) is 5.03. The molecule has 0 radical (unpaired) electrons. The van der Waals surface area contributed by atoms with E-state index in [-0.39, 0.29) is 5.91 Å². The molecule has 5 rings (SSSR count). The number of anilines is 1. The van der Waals surface area contributed by atoms with Gasteiger partial charge in [0.25, 0.3) is 5.91 Å². The van der Waals surface area contributed by atoms with E-state index < -0.39 is 0 Å². The molecule has 0 aliphatic heterocycles. The number of aryl methyl sites for hydroxylation is 2. The smallest absolute Gasteiger partial charge is 0.257 e. The Hall–Kier alpha value is -3.50. The lowest BCUT2D eigenvalue weighted by Gasteiger charge is -2.06. The summed E-state index contributed by atoms with van der Waals surface area (Å²) in [5.41, 5.74) is 4.10. The number of benzene rings is 1. The highest BCUT2D eigenvalue weighted by Gasteiger charge is 2.13. The number of pyridine rings is 1. The Balaban J connectivity index is 1.28. The normalized spacial score (nSPS) is 11.2. The number of hydrogen-bond acceptors (Lipinski definition) is 8. The van der Waals surface area contributed by atoms with Crippen LogP contribution < -0.4 is 5.32 Å². The molecular weight excluding hydrogens is 444 g/mol. The number of fused-ring (bicyclic) bond motifs is 1. The van der Waals surface area contributed by atoms with Crippen LogP contribution >= 0.6 is 23.1 Å². The Morgan fingerprint density at radius 2 is 2.16 bits per heavy atom. The fraction of sp³-hybridized carbons (Fsp3) is 0.136. The van der Waals surface area contributed by atoms with Gasteiger partial charge in [0.2, 0.25) is 0 Å². The first kappa shape index (κ1) is 20.4. The molecule has 0 fully saturated rings. The molecule has 32 heavy (non-hydrogen) atoms. The molecule has 160 valence electrons. The van der Waals surface area contributed by atoms with Gasteiger partial charge < -0.3 is 9.84 Å². The largest absolute Gasteiger partial charge is 0.361 e. The number of hydrogen-bond donors (Lipinski definition) is 1. The summed E-state index contributed by atoms with van der Waals surface area (Å²) in [6.45, 7) is 3.86. The van der Waals surface area contributed by atoms with Crippen LogP contribution in [0.2, 0.25) is 0 Å². The van der Waals surface area contributed by atoms with Crippen LogP contribution in [0.4, 0.5) is 5.69 Å². The first-order chi connectivity index (χ1) is 15.6. The van der Waals surface area contributed by atoms with Gasteiger partial charge >= 0.3 is 0 Å². The van der Waals surface area contributed by atoms with E-state index in [1.165, 1.54) is 0 Å². The van der Waals surface area contributed by atoms with Crippen LogP contribution in [0.3, 0.4) is 0 Å². The standard InChI is InChI=1S/C22H18N6O2S2/c1-13-17(14(2)30-27-13)12-31-22-26-18-6-5-16(10-19(18)32-22)25-21(29)15-4-7-20(23-11-15)28-9-3-8-24-28/h3-11H,12H2,1-2H3,(H,25,29). The minimum Gasteiger partial charge on any atom is -0.361 e. The molecule has 1 amide bonds. The quantitative estimate of drug-likeness (QED) is 0.354. The summed E-state index contributed by atoms with van der Waals surface area (Å²) in [5, 5.41) is 11.1. The van der Waals surface area contributed by atoms with Crippen LogP contribution in [0.5, 0.6) is 0 Å². The number of nitrogens with one attached hydrogen (secondary N) is 1. The predicted molar refractivity (Wildman–Crippen MR) is 124 cm³/mol. The van der Waals surface area contributed by atoms with Gasteiger partial charge in [-0.3, -0.25) is 4.79 Å². The molecule has 0 bridgehead atoms. The fourth-order valence-corrected chi connectivity index (χ4v) is 5.41. The Kier molecular flexibility index (Phi) is 5.46. The summed E-state index contributed by atoms with van der Waals surface area (Å²) in [6.07, 6.45) is 5.02. The van der Waals surface area contributed by atoms with Crippen LogP contribution in [0.25, 0.3) is 16.0 Å². The van der Waals surface area contributed by atoms with E-state index in [0.29, 0.717) is 17.1 Å². The number of thioether (sulfide) groups is 1. The van der Waals surface area contributed by atoms with Gasteiger partial charge in [-0.15, -0.1) is 11.3 Å². The summed E-state index contributed by atoms with van der Waals surface area (Å²) in [5.74, 6) is 2.03. The summed E-state index contributed by atoms with van der Waals surface area (Å²) >= 11 is 3.25. The molecule has 0 unspecified atom stereocenters. The van der Waals surface area contributed by atoms with Gasteiger partial charge in [0, 0.05) is 35.6 Å². The van der Waals surface area contributed by atoms with Gasteiger partial charge in [0.1, 0.15) is 5.76 Å². The van der Waals surface area contributed by atoms with Gasteiger partial charge in [-0.25, -0.2) is 14.6 Å². The van der Waals surface area contributed by atoms with E-state index in [1.54, 1.807) is 58.5 Å². The second-order valence-electron chi connectivity index (χ2n) is 7.06. The van der Waals surface area contributed by atoms with Crippen LogP contribution in [0.15, 0.2) is 63.9 Å². The van der Waals surface area contributed by atoms with Crippen molar-refractivity contribution >= 4 is 44.9 Å². The second-order valence-corrected chi connectivity index (χ2v) is 9.32. The number of carbonyl (C=O) groups is 1. The highest BCUT2D eigenvalue weighted by Crippen LogP contribution is 2.34. The highest BCUT2D eigenvalue weighted by molar-refractivity contribution is 8.00. The maximum absolute atomic E-state index is 12.6. The summed E-state index contributed by atoms with van der Waals surface area (Å²) in [6, 6.07) is 11.0. The first-order valence-electron chi connectivity index (χ1n) is 9.79. The fourth-order valence-electron chi connectivity index (χ4n) is 3.15. The molecule has 0 saturated heterocycles. The molecule has 0 aliphatic carbocycles. The van der Waals surface area contributed by atoms with Crippen molar-refractivity contribution in [1.29, 1.82) is 0 Å². The van der Waals surface area contributed by atoms with E-state index in [2.05, 4.69) is 25.5 Å². The zero-order chi connectivity index (χ0) is 22.1. The Bertz CT molecular complexity index is 1370. The third-order valence-corrected chi connectivity index (χ3v) is 7.08. The van der Waals surface area contributed by atoms with Gasteiger partial charge in [0.05, 0.1) is 21.5 Å². The van der Waals surface area contributed by atoms with E-state index in [9.17, 15) is 4.79 Å². The van der Waals surface area contributed by atoms with Gasteiger partial charge in [-0.2, -0.15) is 5.10 Å². The Morgan fingerprint density at radius 3 is 2.88 bits per heavy atom. The summed E-state index contributed by atoms with van der Waals surface area (Å²) in [7, 11) is 0. The lowest BCUT2D eigenvalue weighted by Crippen LogP contribution is -2.12. The van der Waals surface area contributed by atoms with Crippen molar-refractivity contribution < 1.29 is 9.32 Å². The average molecular weight is 463 g/mol. The van der Waals surface area contributed by atoms with E-state index >= 15 is 0 Å². The molecule has 4 aromatic heterocycles. The average Bonchev–Trinajstić information content (AvgIpc) is 3.53. The van der Waals surface area contributed by atoms with Gasteiger partial charge in [0.15, 0.2) is 10.2 Å². The zero-order valence-corrected chi connectivity index (χ0v) is 18.9. The zero-order valence-electron chi connectivity index (χ0n) is 17.3. The van der Waals surface area contributed by atoms with Crippen molar-refractivity contribution in [2.24, 2.45) is 0 Å². The Labute approximate surface area is 191 Å². The SMILES string of the molecule is Cc1noc(C)c1CSc1nc2ccc(NC(=O)c3ccc(-n4cccn4)nc3)cc2s1. The minimum atomic E-state index is -0.221. The van der Waals surface area contributed by atoms with Gasteiger partial charge in [-0.05, 0) is 50.2 Å². The minimum absolute atomic E-state index is 0.221. The molecule has 0 spiro atoms. The lowest BCUT2D eigenvalue weighted by atomic mass is 10.2. The van der Waals surface area contributed by atoms with Crippen molar-refractivity contribution in [3.8, 4) is 5.82 Å². The number of rotatable bonds is 6. The van der Waals surface area contributed by atoms with Gasteiger partial charge in [-0.1, -0.05) is 16.9 Å². The van der Waals surface area contributed by atoms with E-state index in [0.717, 1.165) is 37.3 Å². The monoisotopic (exact) mass is 462 g/mol. The highest BCUT2D eigenvalue weighted by atomic mass is 32.2. The molecule has 0 aliphatic rings. The molecular formula is C22H18N6O2S2. The summed E-state index contributed by atoms with van der Waals surface area (Å²) in [4.78, 5) is 21.6. The molecule has 1 N–H and O–H groups in total. The van der Waals surface area contributed by atoms with Crippen molar-refractivity contribution in [3.63, 3.8) is 0 Å². The number of aromatic nitrogens is 5. The number of nitrogens with zero attached hydrogens (tertiary/aromatic N) is 5. The topological polar surface area (TPSA) is 98.7 Å². The van der Waals surface area contributed by atoms with Crippen molar-refractivity contribution in [1.82, 2.24) is 24.9 Å². The third kappa shape index (κ3) is 4.14. The van der Waals surface area contributed by atoms with Crippen molar-refractivity contribution in [3.05, 3.63) is 77.6 Å². The van der Waals surface area contributed by atoms with Crippen LogP contribution in [0.1, 0.15) is 27.4 Å². The molecule has 0 saturated carbocycles. The lowest BCUT2D eigenvalue weighted by molar-refractivity contribution is 0.102. The van der Waals surface area contributed by atoms with Crippen LogP contribution in [-0.4, -0.2) is 30.8 Å². The maximum atomic E-state index is 12.6. The maximum Gasteiger partial charge on any atom is 0.257 e. The summed E-state index contributed by atoms with van der Waals surface area (Å²) < 4.78 is 8.84. The Morgan fingerprint density at radius 1 is 1.25 bits per heavy atom. The first-order valence-corrected chi connectivity index (χ1v) is 11.6. The number of amides is 1. The second kappa shape index (κ2) is 8.56. The molecule has 10 heteroatoms. The molecule has 0 atom stereocenters. The van der Waals surface area contributed by atoms with E-state index in [4.69, 9.17) is 4.52 Å². The molecule has 5 aromatic rings. The van der Waals surface area contributed by atoms with Crippen LogP contribution in [0, 0.1) is 13.8 Å². The number of thiazole rings is 1. The van der Waals surface area contributed by atoms with E-state index in [1.807, 2.05) is 38.1 Å². The molecule has 1 aromatic carbocycles. The van der Waals surface area contributed by atoms with Crippen molar-refractivity contribution in [2.45, 2.75) is 23.9 Å². The third-order valence-electron chi connectivity index (χ3n) is 4.90. The molecule has 8 nitrogen and oxygen atoms in total. The number of carbonyl (C=O) groups excluding carboxylic acids is 1.